The van der Waals surface area contributed by atoms with Gasteiger partial charge in [-0.15, -0.1) is 11.3 Å². The first-order valence-electron chi connectivity index (χ1n) is 20.6. The summed E-state index contributed by atoms with van der Waals surface area (Å²) in [5.74, 6) is -1.23. The summed E-state index contributed by atoms with van der Waals surface area (Å²) in [4.78, 5) is 68.8. The maximum atomic E-state index is 14.7. The molecule has 4 heterocycles. The van der Waals surface area contributed by atoms with Gasteiger partial charge in [0, 0.05) is 34.7 Å². The fourth-order valence-corrected chi connectivity index (χ4v) is 10.8. The highest BCUT2D eigenvalue weighted by atomic mass is 32.2. The Morgan fingerprint density at radius 3 is 2.59 bits per heavy atom. The maximum absolute atomic E-state index is 14.7. The van der Waals surface area contributed by atoms with Crippen LogP contribution in [0.25, 0.3) is 21.6 Å². The molecule has 0 radical (unpaired) electrons. The summed E-state index contributed by atoms with van der Waals surface area (Å²) in [5.41, 5.74) is 0.0132. The number of allylic oxidation sites excluding steroid dienone is 1. The maximum Gasteiger partial charge on any atom is 0.408 e. The van der Waals surface area contributed by atoms with E-state index in [4.69, 9.17) is 24.2 Å². The molecule has 0 bridgehead atoms. The van der Waals surface area contributed by atoms with Crippen molar-refractivity contribution in [1.82, 2.24) is 30.2 Å². The van der Waals surface area contributed by atoms with Crippen molar-refractivity contribution in [3.8, 4) is 22.2 Å². The van der Waals surface area contributed by atoms with Crippen LogP contribution in [0.5, 0.6) is 11.5 Å². The molecule has 15 nitrogen and oxygen atoms in total. The fraction of sp³-hybridized carbons (Fsp3) is 0.571. The molecule has 3 aromatic rings. The van der Waals surface area contributed by atoms with Gasteiger partial charge in [0.25, 0.3) is 5.91 Å². The Morgan fingerprint density at radius 1 is 1.03 bits per heavy atom. The van der Waals surface area contributed by atoms with Crippen LogP contribution in [0.1, 0.15) is 95.6 Å². The number of aromatic nitrogens is 2. The number of hydrogen-bond acceptors (Lipinski definition) is 12. The van der Waals surface area contributed by atoms with E-state index in [0.29, 0.717) is 60.2 Å². The number of sulfonamides is 1. The van der Waals surface area contributed by atoms with Gasteiger partial charge in [-0.1, -0.05) is 25.0 Å². The quantitative estimate of drug-likeness (QED) is 0.255. The van der Waals surface area contributed by atoms with Crippen LogP contribution < -0.4 is 24.8 Å². The molecular weight excluding hydrogens is 797 g/mol. The highest BCUT2D eigenvalue weighted by Crippen LogP contribution is 2.46. The van der Waals surface area contributed by atoms with Gasteiger partial charge in [0.05, 0.1) is 30.1 Å². The summed E-state index contributed by atoms with van der Waals surface area (Å²) in [6.07, 6.45) is 9.73. The predicted octanol–water partition coefficient (Wildman–Crippen LogP) is 5.10. The molecule has 3 aliphatic carbocycles. The lowest BCUT2D eigenvalue weighted by molar-refractivity contribution is -0.141. The molecule has 8 rings (SSSR count). The molecule has 2 aliphatic heterocycles. The third-order valence-corrected chi connectivity index (χ3v) is 14.6. The van der Waals surface area contributed by atoms with Gasteiger partial charge in [-0.05, 0) is 90.7 Å². The van der Waals surface area contributed by atoms with Crippen LogP contribution in [-0.2, 0) is 42.0 Å². The zero-order valence-electron chi connectivity index (χ0n) is 33.9. The molecule has 5 atom stereocenters. The monoisotopic (exact) mass is 848 g/mol. The minimum Gasteiger partial charge on any atom is -0.497 e. The van der Waals surface area contributed by atoms with E-state index in [9.17, 15) is 27.6 Å². The number of nitrogens with one attached hydrogen (secondary N) is 3. The number of ether oxygens (including phenoxy) is 3. The van der Waals surface area contributed by atoms with Crippen molar-refractivity contribution in [3.63, 3.8) is 0 Å². The zero-order chi connectivity index (χ0) is 41.7. The van der Waals surface area contributed by atoms with Gasteiger partial charge >= 0.3 is 6.09 Å². The number of thiazole rings is 1. The van der Waals surface area contributed by atoms with Gasteiger partial charge in [-0.25, -0.2) is 23.2 Å². The van der Waals surface area contributed by atoms with E-state index in [0.717, 1.165) is 42.8 Å². The van der Waals surface area contributed by atoms with Crippen molar-refractivity contribution < 1.29 is 41.8 Å². The summed E-state index contributed by atoms with van der Waals surface area (Å²) in [6, 6.07) is 5.20. The number of carbonyl (C=O) groups is 4. The average molecular weight is 849 g/mol. The molecule has 1 aromatic carbocycles. The number of nitrogens with zero attached hydrogens (tertiary/aromatic N) is 3. The molecule has 4 amide bonds. The van der Waals surface area contributed by atoms with E-state index in [1.54, 1.807) is 39.2 Å². The predicted molar refractivity (Wildman–Crippen MR) is 220 cm³/mol. The fourth-order valence-electron chi connectivity index (χ4n) is 8.29. The SMILES string of the molecule is COc1ccc2c(OC3C[C@H]4C(=O)N[C@]5(C(=O)NS(=O)(=O)C6CC6)C[C@H]5/C=C\CCCCC[C@H](NC(=O)OC(C)(C)C)C(=O)N4C3)cc(-c3nc4c(s3)CCC4)nc2c1. The van der Waals surface area contributed by atoms with Crippen molar-refractivity contribution in [2.75, 3.05) is 13.7 Å². The molecule has 2 aromatic heterocycles. The Hall–Kier alpha value is -4.77. The van der Waals surface area contributed by atoms with Crippen molar-refractivity contribution >= 4 is 56.1 Å². The number of aryl methyl sites for hydroxylation is 2. The number of carbonyl (C=O) groups excluding carboxylic acids is 4. The van der Waals surface area contributed by atoms with Gasteiger partial charge in [0.2, 0.25) is 21.8 Å². The Morgan fingerprint density at radius 2 is 1.85 bits per heavy atom. The zero-order valence-corrected chi connectivity index (χ0v) is 35.5. The van der Waals surface area contributed by atoms with E-state index < -0.39 is 74.3 Å². The molecule has 2 saturated carbocycles. The van der Waals surface area contributed by atoms with Gasteiger partial charge < -0.3 is 29.7 Å². The molecule has 17 heteroatoms. The van der Waals surface area contributed by atoms with E-state index in [1.165, 1.54) is 9.78 Å². The van der Waals surface area contributed by atoms with Gasteiger partial charge in [-0.3, -0.25) is 19.1 Å². The van der Waals surface area contributed by atoms with Crippen molar-refractivity contribution in [2.45, 2.75) is 132 Å². The molecule has 0 spiro atoms. The molecule has 3 fully saturated rings. The standard InChI is InChI=1S/C42H52N6O9S2/c1-41(2,3)57-40(52)45-30-12-9-7-5-6-8-11-24-22-42(24,39(51)47-59(53,54)27-16-17-27)46-36(49)33-20-26(23-48(33)38(30)50)56-34-21-32(37-44-29-13-10-14-35(29)58-37)43-31-19-25(55-4)15-18-28(31)34/h8,11,15,18-19,21,24,26-27,30,33H,5-7,9-10,12-14,16-17,20,22-23H2,1-4H3,(H,45,52)(H,46,49)(H,47,51)/b11-8-/t24-,26?,30+,33+,42-/m1/s1. The summed E-state index contributed by atoms with van der Waals surface area (Å²) in [7, 11) is -2.32. The van der Waals surface area contributed by atoms with Gasteiger partial charge in [-0.2, -0.15) is 0 Å². The second-order valence-corrected chi connectivity index (χ2v) is 20.4. The lowest BCUT2D eigenvalue weighted by Gasteiger charge is -2.30. The van der Waals surface area contributed by atoms with Gasteiger partial charge in [0.1, 0.15) is 51.5 Å². The number of amides is 4. The van der Waals surface area contributed by atoms with Crippen LogP contribution in [0.4, 0.5) is 4.79 Å². The first-order chi connectivity index (χ1) is 28.1. The van der Waals surface area contributed by atoms with Crippen LogP contribution in [0.2, 0.25) is 0 Å². The second-order valence-electron chi connectivity index (χ2n) is 17.3. The minimum absolute atomic E-state index is 0.0111. The molecule has 59 heavy (non-hydrogen) atoms. The molecule has 3 N–H and O–H groups in total. The number of hydrogen-bond donors (Lipinski definition) is 3. The van der Waals surface area contributed by atoms with Crippen LogP contribution in [-0.4, -0.2) is 95.3 Å². The van der Waals surface area contributed by atoms with Crippen molar-refractivity contribution in [1.29, 1.82) is 0 Å². The topological polar surface area (TPSA) is 195 Å². The molecular formula is C42H52N6O9S2. The lowest BCUT2D eigenvalue weighted by Crippen LogP contribution is -2.58. The van der Waals surface area contributed by atoms with Crippen LogP contribution in [0.15, 0.2) is 36.4 Å². The Labute approximate surface area is 348 Å². The van der Waals surface area contributed by atoms with E-state index in [1.807, 2.05) is 36.4 Å². The summed E-state index contributed by atoms with van der Waals surface area (Å²) in [5, 5.41) is 6.53. The number of benzene rings is 1. The first-order valence-corrected chi connectivity index (χ1v) is 23.0. The first kappa shape index (κ1) is 41.0. The Kier molecular flexibility index (Phi) is 11.1. The van der Waals surface area contributed by atoms with Crippen LogP contribution >= 0.6 is 11.3 Å². The Bertz CT molecular complexity index is 2280. The summed E-state index contributed by atoms with van der Waals surface area (Å²) < 4.78 is 45.9. The largest absolute Gasteiger partial charge is 0.497 e. The van der Waals surface area contributed by atoms with Gasteiger partial charge in [0.15, 0.2) is 0 Å². The number of alkyl carbamates (subject to hydrolysis) is 1. The number of rotatable bonds is 8. The molecule has 1 unspecified atom stereocenters. The normalized spacial score (nSPS) is 26.7. The smallest absolute Gasteiger partial charge is 0.408 e. The highest BCUT2D eigenvalue weighted by molar-refractivity contribution is 7.91. The molecule has 1 saturated heterocycles. The highest BCUT2D eigenvalue weighted by Gasteiger charge is 2.62. The van der Waals surface area contributed by atoms with Crippen LogP contribution in [0, 0.1) is 5.92 Å². The number of pyridine rings is 1. The van der Waals surface area contributed by atoms with Crippen LogP contribution in [0.3, 0.4) is 0 Å². The van der Waals surface area contributed by atoms with Crippen molar-refractivity contribution in [3.05, 3.63) is 47.0 Å². The van der Waals surface area contributed by atoms with E-state index in [2.05, 4.69) is 15.4 Å². The molecule has 316 valence electrons. The minimum atomic E-state index is -3.91. The van der Waals surface area contributed by atoms with E-state index >= 15 is 0 Å². The third kappa shape index (κ3) is 8.91. The number of fused-ring (bicyclic) bond motifs is 4. The average Bonchev–Trinajstić information content (AvgIpc) is 4.00. The number of methoxy groups -OCH3 is 1. The third-order valence-electron chi connectivity index (χ3n) is 11.6. The summed E-state index contributed by atoms with van der Waals surface area (Å²) in [6.45, 7) is 5.20. The lowest BCUT2D eigenvalue weighted by atomic mass is 10.0. The second kappa shape index (κ2) is 16.0. The van der Waals surface area contributed by atoms with E-state index in [-0.39, 0.29) is 19.4 Å². The van der Waals surface area contributed by atoms with Crippen molar-refractivity contribution in [2.24, 2.45) is 5.92 Å². The summed E-state index contributed by atoms with van der Waals surface area (Å²) >= 11 is 1.61. The Balaban J connectivity index is 1.13. The molecule has 5 aliphatic rings.